The van der Waals surface area contributed by atoms with Crippen molar-refractivity contribution < 1.29 is 14.3 Å². The molecule has 0 aromatic heterocycles. The van der Waals surface area contributed by atoms with Crippen LogP contribution in [0, 0.1) is 0 Å². The van der Waals surface area contributed by atoms with Gasteiger partial charge in [-0.25, -0.2) is 4.79 Å². The van der Waals surface area contributed by atoms with Crippen molar-refractivity contribution in [3.8, 4) is 0 Å². The maximum Gasteiger partial charge on any atom is 0.339 e. The number of amides is 1. The number of benzene rings is 2. The van der Waals surface area contributed by atoms with Crippen LogP contribution in [0.4, 0.5) is 11.4 Å². The van der Waals surface area contributed by atoms with E-state index in [1.807, 2.05) is 0 Å². The van der Waals surface area contributed by atoms with E-state index in [2.05, 4.69) is 56.5 Å². The molecule has 0 fully saturated rings. The number of rotatable bonds is 7. The van der Waals surface area contributed by atoms with Gasteiger partial charge in [0.25, 0.3) is 0 Å². The third-order valence-corrected chi connectivity index (χ3v) is 4.41. The van der Waals surface area contributed by atoms with Gasteiger partial charge in [-0.1, -0.05) is 58.0 Å². The Labute approximate surface area is 161 Å². The van der Waals surface area contributed by atoms with Crippen molar-refractivity contribution in [2.75, 3.05) is 24.3 Å². The van der Waals surface area contributed by atoms with Crippen LogP contribution < -0.4 is 10.6 Å². The molecule has 2 N–H and O–H groups in total. The normalized spacial score (nSPS) is 10.8. The summed E-state index contributed by atoms with van der Waals surface area (Å²) in [5.41, 5.74) is 4.16. The van der Waals surface area contributed by atoms with Crippen LogP contribution in [0.25, 0.3) is 0 Å². The molecule has 144 valence electrons. The van der Waals surface area contributed by atoms with E-state index in [1.54, 1.807) is 24.3 Å². The van der Waals surface area contributed by atoms with Crippen molar-refractivity contribution >= 4 is 23.3 Å². The second-order valence-corrected chi connectivity index (χ2v) is 7.06. The lowest BCUT2D eigenvalue weighted by molar-refractivity contribution is -0.114. The first kappa shape index (κ1) is 20.5. The molecule has 1 amide bonds. The lowest BCUT2D eigenvalue weighted by Gasteiger charge is -2.21. The maximum absolute atomic E-state index is 12.5. The average Bonchev–Trinajstić information content (AvgIpc) is 2.65. The molecular weight excluding hydrogens is 340 g/mol. The Morgan fingerprint density at radius 1 is 0.926 bits per heavy atom. The molecule has 0 aliphatic carbocycles. The van der Waals surface area contributed by atoms with Gasteiger partial charge in [0.1, 0.15) is 0 Å². The molecule has 0 aliphatic rings. The molecule has 2 rings (SSSR count). The molecule has 5 nitrogen and oxygen atoms in total. The summed E-state index contributed by atoms with van der Waals surface area (Å²) in [6.07, 6.45) is 0. The van der Waals surface area contributed by atoms with Crippen molar-refractivity contribution in [2.45, 2.75) is 39.5 Å². The number of esters is 1. The largest absolute Gasteiger partial charge is 0.465 e. The Balaban J connectivity index is 2.17. The molecule has 0 bridgehead atoms. The predicted molar refractivity (Wildman–Crippen MR) is 110 cm³/mol. The molecular formula is C22H28N2O3. The van der Waals surface area contributed by atoms with Gasteiger partial charge in [0, 0.05) is 5.69 Å². The molecule has 0 saturated heterocycles. The number of para-hydroxylation sites is 2. The fourth-order valence-electron chi connectivity index (χ4n) is 3.00. The summed E-state index contributed by atoms with van der Waals surface area (Å²) in [4.78, 5) is 24.3. The number of methoxy groups -OCH3 is 1. The Hall–Kier alpha value is -2.82. The number of ether oxygens (including phenoxy) is 1. The summed E-state index contributed by atoms with van der Waals surface area (Å²) >= 11 is 0. The Morgan fingerprint density at radius 2 is 1.52 bits per heavy atom. The summed E-state index contributed by atoms with van der Waals surface area (Å²) in [5.74, 6) is -0.0191. The van der Waals surface area contributed by atoms with Crippen LogP contribution in [0.5, 0.6) is 0 Å². The Bertz CT molecular complexity index is 787. The third kappa shape index (κ3) is 5.09. The Morgan fingerprint density at radius 3 is 2.07 bits per heavy atom. The summed E-state index contributed by atoms with van der Waals surface area (Å²) in [6.45, 7) is 8.65. The number of hydrogen-bond donors (Lipinski definition) is 2. The lowest BCUT2D eigenvalue weighted by Crippen LogP contribution is -2.24. The van der Waals surface area contributed by atoms with Crippen molar-refractivity contribution in [1.29, 1.82) is 0 Å². The van der Waals surface area contributed by atoms with Gasteiger partial charge in [-0.2, -0.15) is 0 Å². The summed E-state index contributed by atoms with van der Waals surface area (Å²) in [5, 5.41) is 6.09. The second kappa shape index (κ2) is 9.21. The summed E-state index contributed by atoms with van der Waals surface area (Å²) in [6, 6.07) is 13.0. The van der Waals surface area contributed by atoms with Crippen LogP contribution in [0.2, 0.25) is 0 Å². The monoisotopic (exact) mass is 368 g/mol. The van der Waals surface area contributed by atoms with Gasteiger partial charge < -0.3 is 15.4 Å². The van der Waals surface area contributed by atoms with E-state index in [1.165, 1.54) is 18.2 Å². The average molecular weight is 368 g/mol. The van der Waals surface area contributed by atoms with Gasteiger partial charge >= 0.3 is 5.97 Å². The molecule has 2 aromatic rings. The van der Waals surface area contributed by atoms with Gasteiger partial charge in [0.2, 0.25) is 5.91 Å². The highest BCUT2D eigenvalue weighted by molar-refractivity contribution is 6.02. The first-order valence-electron chi connectivity index (χ1n) is 9.19. The molecule has 0 aliphatic heterocycles. The van der Waals surface area contributed by atoms with Crippen LogP contribution >= 0.6 is 0 Å². The van der Waals surface area contributed by atoms with Crippen LogP contribution in [0.3, 0.4) is 0 Å². The number of anilines is 2. The quantitative estimate of drug-likeness (QED) is 0.691. The van der Waals surface area contributed by atoms with Crippen LogP contribution in [-0.4, -0.2) is 25.5 Å². The molecule has 0 atom stereocenters. The van der Waals surface area contributed by atoms with E-state index in [0.717, 1.165) is 5.69 Å². The van der Waals surface area contributed by atoms with Crippen molar-refractivity contribution in [2.24, 2.45) is 0 Å². The number of carbonyl (C=O) groups excluding carboxylic acids is 2. The van der Waals surface area contributed by atoms with E-state index >= 15 is 0 Å². The number of nitrogens with one attached hydrogen (secondary N) is 2. The van der Waals surface area contributed by atoms with Crippen molar-refractivity contribution in [3.05, 3.63) is 59.2 Å². The third-order valence-electron chi connectivity index (χ3n) is 4.41. The standard InChI is InChI=1S/C22H28N2O3/c1-14(2)16-10-8-11-17(15(3)4)21(16)23-13-20(25)24-19-12-7-6-9-18(19)22(26)27-5/h6-12,14-15,23H,13H2,1-5H3,(H,24,25). The van der Waals surface area contributed by atoms with E-state index in [9.17, 15) is 9.59 Å². The zero-order valence-electron chi connectivity index (χ0n) is 16.6. The van der Waals surface area contributed by atoms with E-state index in [0.29, 0.717) is 23.1 Å². The minimum Gasteiger partial charge on any atom is -0.465 e. The second-order valence-electron chi connectivity index (χ2n) is 7.06. The molecule has 2 aromatic carbocycles. The highest BCUT2D eigenvalue weighted by Gasteiger charge is 2.16. The van der Waals surface area contributed by atoms with Gasteiger partial charge in [-0.3, -0.25) is 4.79 Å². The minimum atomic E-state index is -0.480. The molecule has 0 saturated carbocycles. The van der Waals surface area contributed by atoms with Gasteiger partial charge in [0.05, 0.1) is 24.9 Å². The van der Waals surface area contributed by atoms with Crippen molar-refractivity contribution in [3.63, 3.8) is 0 Å². The Kier molecular flexibility index (Phi) is 6.99. The number of carbonyl (C=O) groups is 2. The smallest absolute Gasteiger partial charge is 0.339 e. The SMILES string of the molecule is COC(=O)c1ccccc1NC(=O)CNc1c(C(C)C)cccc1C(C)C. The highest BCUT2D eigenvalue weighted by atomic mass is 16.5. The summed E-state index contributed by atoms with van der Waals surface area (Å²) in [7, 11) is 1.32. The van der Waals surface area contributed by atoms with Crippen molar-refractivity contribution in [1.82, 2.24) is 0 Å². The zero-order chi connectivity index (χ0) is 20.0. The van der Waals surface area contributed by atoms with Gasteiger partial charge in [0.15, 0.2) is 0 Å². The lowest BCUT2D eigenvalue weighted by atomic mass is 9.92. The molecule has 0 unspecified atom stereocenters. The minimum absolute atomic E-state index is 0.110. The topological polar surface area (TPSA) is 67.4 Å². The first-order chi connectivity index (χ1) is 12.8. The highest BCUT2D eigenvalue weighted by Crippen LogP contribution is 2.32. The fourth-order valence-corrected chi connectivity index (χ4v) is 3.00. The van der Waals surface area contributed by atoms with E-state index in [4.69, 9.17) is 4.74 Å². The first-order valence-corrected chi connectivity index (χ1v) is 9.19. The predicted octanol–water partition coefficient (Wildman–Crippen LogP) is 4.77. The van der Waals surface area contributed by atoms with Gasteiger partial charge in [-0.05, 0) is 35.1 Å². The molecule has 0 heterocycles. The maximum atomic E-state index is 12.5. The number of hydrogen-bond acceptors (Lipinski definition) is 4. The van der Waals surface area contributed by atoms with Gasteiger partial charge in [-0.15, -0.1) is 0 Å². The van der Waals surface area contributed by atoms with E-state index < -0.39 is 5.97 Å². The van der Waals surface area contributed by atoms with Crippen LogP contribution in [0.1, 0.15) is 61.0 Å². The fraction of sp³-hybridized carbons (Fsp3) is 0.364. The van der Waals surface area contributed by atoms with Crippen LogP contribution in [-0.2, 0) is 9.53 Å². The van der Waals surface area contributed by atoms with Crippen LogP contribution in [0.15, 0.2) is 42.5 Å². The zero-order valence-corrected chi connectivity index (χ0v) is 16.6. The molecule has 5 heteroatoms. The summed E-state index contributed by atoms with van der Waals surface area (Å²) < 4.78 is 4.77. The molecule has 0 spiro atoms. The molecule has 0 radical (unpaired) electrons. The molecule has 27 heavy (non-hydrogen) atoms. The van der Waals surface area contributed by atoms with E-state index in [-0.39, 0.29) is 12.5 Å².